The summed E-state index contributed by atoms with van der Waals surface area (Å²) in [6, 6.07) is 10.9. The van der Waals surface area contributed by atoms with Crippen molar-refractivity contribution in [1.29, 1.82) is 0 Å². The molecular formula is C17H15Cl2NO2. The first-order valence-electron chi connectivity index (χ1n) is 7.01. The average molecular weight is 336 g/mol. The van der Waals surface area contributed by atoms with Gasteiger partial charge in [0.25, 0.3) is 5.91 Å². The van der Waals surface area contributed by atoms with E-state index in [4.69, 9.17) is 27.9 Å². The Bertz CT molecular complexity index is 710. The van der Waals surface area contributed by atoms with Crippen molar-refractivity contribution < 1.29 is 9.53 Å². The van der Waals surface area contributed by atoms with Gasteiger partial charge in [-0.15, -0.1) is 0 Å². The molecule has 0 saturated carbocycles. The zero-order chi connectivity index (χ0) is 15.7. The Labute approximate surface area is 139 Å². The molecule has 1 aliphatic rings. The molecule has 2 aromatic carbocycles. The second-order valence-electron chi connectivity index (χ2n) is 5.25. The van der Waals surface area contributed by atoms with Crippen LogP contribution in [0.2, 0.25) is 10.0 Å². The van der Waals surface area contributed by atoms with Gasteiger partial charge >= 0.3 is 0 Å². The highest BCUT2D eigenvalue weighted by Gasteiger charge is 2.24. The Balaban J connectivity index is 1.87. The molecule has 0 radical (unpaired) electrons. The van der Waals surface area contributed by atoms with Crippen molar-refractivity contribution in [3.8, 4) is 5.75 Å². The summed E-state index contributed by atoms with van der Waals surface area (Å²) in [7, 11) is 1.81. The van der Waals surface area contributed by atoms with Crippen LogP contribution in [0.15, 0.2) is 36.4 Å². The normalized spacial score (nSPS) is 14.0. The molecule has 0 fully saturated rings. The van der Waals surface area contributed by atoms with Gasteiger partial charge in [-0.05, 0) is 30.7 Å². The molecule has 0 spiro atoms. The van der Waals surface area contributed by atoms with E-state index in [0.29, 0.717) is 22.2 Å². The standard InChI is InChI=1S/C17H15Cl2NO2/c1-20-9-8-11-12(17(20)21)4-2-7-16(11)22-10-13-14(18)5-3-6-15(13)19/h2-7H,8-10H2,1H3. The van der Waals surface area contributed by atoms with Crippen molar-refractivity contribution in [2.75, 3.05) is 13.6 Å². The zero-order valence-corrected chi connectivity index (χ0v) is 13.6. The number of amides is 1. The topological polar surface area (TPSA) is 29.5 Å². The summed E-state index contributed by atoms with van der Waals surface area (Å²) in [4.78, 5) is 13.9. The molecule has 1 aliphatic heterocycles. The number of benzene rings is 2. The quantitative estimate of drug-likeness (QED) is 0.841. The number of carbonyl (C=O) groups is 1. The maximum atomic E-state index is 12.2. The van der Waals surface area contributed by atoms with Gasteiger partial charge in [0.2, 0.25) is 0 Å². The molecule has 114 valence electrons. The molecule has 0 unspecified atom stereocenters. The van der Waals surface area contributed by atoms with Gasteiger partial charge in [0.1, 0.15) is 12.4 Å². The third-order valence-corrected chi connectivity index (χ3v) is 4.55. The Morgan fingerprint density at radius 3 is 2.55 bits per heavy atom. The van der Waals surface area contributed by atoms with Crippen molar-refractivity contribution >= 4 is 29.1 Å². The van der Waals surface area contributed by atoms with E-state index in [9.17, 15) is 4.79 Å². The number of hydrogen-bond donors (Lipinski definition) is 0. The molecule has 0 bridgehead atoms. The number of fused-ring (bicyclic) bond motifs is 1. The monoisotopic (exact) mass is 335 g/mol. The van der Waals surface area contributed by atoms with Crippen molar-refractivity contribution in [3.63, 3.8) is 0 Å². The van der Waals surface area contributed by atoms with E-state index in [2.05, 4.69) is 0 Å². The predicted molar refractivity (Wildman–Crippen MR) is 87.9 cm³/mol. The van der Waals surface area contributed by atoms with Gasteiger partial charge in [0, 0.05) is 40.3 Å². The van der Waals surface area contributed by atoms with Crippen LogP contribution in [0.3, 0.4) is 0 Å². The predicted octanol–water partition coefficient (Wildman–Crippen LogP) is 4.20. The number of halogens is 2. The number of ether oxygens (including phenoxy) is 1. The van der Waals surface area contributed by atoms with Gasteiger partial charge in [0.05, 0.1) is 0 Å². The average Bonchev–Trinajstić information content (AvgIpc) is 2.51. The highest BCUT2D eigenvalue weighted by atomic mass is 35.5. The van der Waals surface area contributed by atoms with Gasteiger partial charge in [-0.2, -0.15) is 0 Å². The smallest absolute Gasteiger partial charge is 0.254 e. The van der Waals surface area contributed by atoms with Gasteiger partial charge in [-0.25, -0.2) is 0 Å². The lowest BCUT2D eigenvalue weighted by Gasteiger charge is -2.26. The Morgan fingerprint density at radius 1 is 1.14 bits per heavy atom. The van der Waals surface area contributed by atoms with Crippen LogP contribution in [0.4, 0.5) is 0 Å². The fourth-order valence-corrected chi connectivity index (χ4v) is 3.07. The molecule has 5 heteroatoms. The van der Waals surface area contributed by atoms with E-state index in [0.717, 1.165) is 23.3 Å². The van der Waals surface area contributed by atoms with E-state index < -0.39 is 0 Å². The van der Waals surface area contributed by atoms with E-state index in [1.54, 1.807) is 23.1 Å². The van der Waals surface area contributed by atoms with E-state index in [1.807, 2.05) is 25.2 Å². The molecule has 0 atom stereocenters. The SMILES string of the molecule is CN1CCc2c(OCc3c(Cl)cccc3Cl)cccc2C1=O. The molecule has 1 amide bonds. The van der Waals surface area contributed by atoms with E-state index >= 15 is 0 Å². The maximum Gasteiger partial charge on any atom is 0.254 e. The van der Waals surface area contributed by atoms with Crippen LogP contribution < -0.4 is 4.74 Å². The van der Waals surface area contributed by atoms with Crippen LogP contribution in [0.25, 0.3) is 0 Å². The van der Waals surface area contributed by atoms with Crippen molar-refractivity contribution in [1.82, 2.24) is 4.90 Å². The molecular weight excluding hydrogens is 321 g/mol. The van der Waals surface area contributed by atoms with Crippen LogP contribution in [0.1, 0.15) is 21.5 Å². The molecule has 3 rings (SSSR count). The maximum absolute atomic E-state index is 12.2. The van der Waals surface area contributed by atoms with Crippen LogP contribution in [0, 0.1) is 0 Å². The lowest BCUT2D eigenvalue weighted by molar-refractivity contribution is 0.0779. The van der Waals surface area contributed by atoms with Gasteiger partial charge in [0.15, 0.2) is 0 Å². The first kappa shape index (κ1) is 15.2. The molecule has 3 nitrogen and oxygen atoms in total. The molecule has 0 aromatic heterocycles. The molecule has 1 heterocycles. The van der Waals surface area contributed by atoms with Crippen LogP contribution >= 0.6 is 23.2 Å². The molecule has 0 N–H and O–H groups in total. The summed E-state index contributed by atoms with van der Waals surface area (Å²) in [5.74, 6) is 0.748. The Morgan fingerprint density at radius 2 is 1.82 bits per heavy atom. The minimum Gasteiger partial charge on any atom is -0.488 e. The lowest BCUT2D eigenvalue weighted by atomic mass is 9.98. The summed E-state index contributed by atoms with van der Waals surface area (Å²) in [6.07, 6.45) is 0.782. The zero-order valence-electron chi connectivity index (χ0n) is 12.1. The van der Waals surface area contributed by atoms with E-state index in [-0.39, 0.29) is 12.5 Å². The number of carbonyl (C=O) groups excluding carboxylic acids is 1. The molecule has 0 aliphatic carbocycles. The third kappa shape index (κ3) is 2.79. The molecule has 22 heavy (non-hydrogen) atoms. The minimum absolute atomic E-state index is 0.0301. The first-order valence-corrected chi connectivity index (χ1v) is 7.76. The van der Waals surface area contributed by atoms with Crippen molar-refractivity contribution in [3.05, 3.63) is 63.1 Å². The summed E-state index contributed by atoms with van der Waals surface area (Å²) in [6.45, 7) is 0.970. The fourth-order valence-electron chi connectivity index (χ4n) is 2.57. The largest absolute Gasteiger partial charge is 0.488 e. The number of likely N-dealkylation sites (N-methyl/N-ethyl adjacent to an activating group) is 1. The van der Waals surface area contributed by atoms with Gasteiger partial charge in [-0.3, -0.25) is 4.79 Å². The lowest BCUT2D eigenvalue weighted by Crippen LogP contribution is -2.34. The third-order valence-electron chi connectivity index (χ3n) is 3.84. The summed E-state index contributed by atoms with van der Waals surface area (Å²) in [5.41, 5.74) is 2.41. The first-order chi connectivity index (χ1) is 10.6. The van der Waals surface area contributed by atoms with Gasteiger partial charge in [-0.1, -0.05) is 35.3 Å². The minimum atomic E-state index is 0.0301. The Kier molecular flexibility index (Phi) is 4.27. The van der Waals surface area contributed by atoms with Gasteiger partial charge < -0.3 is 9.64 Å². The van der Waals surface area contributed by atoms with Crippen LogP contribution in [-0.2, 0) is 13.0 Å². The van der Waals surface area contributed by atoms with Crippen LogP contribution in [-0.4, -0.2) is 24.4 Å². The Hall–Kier alpha value is -1.71. The highest BCUT2D eigenvalue weighted by molar-refractivity contribution is 6.35. The summed E-state index contributed by atoms with van der Waals surface area (Å²) >= 11 is 12.3. The summed E-state index contributed by atoms with van der Waals surface area (Å²) < 4.78 is 5.90. The van der Waals surface area contributed by atoms with Crippen molar-refractivity contribution in [2.45, 2.75) is 13.0 Å². The summed E-state index contributed by atoms with van der Waals surface area (Å²) in [5, 5.41) is 1.15. The second-order valence-corrected chi connectivity index (χ2v) is 6.06. The second kappa shape index (κ2) is 6.19. The highest BCUT2D eigenvalue weighted by Crippen LogP contribution is 2.30. The number of hydrogen-bond acceptors (Lipinski definition) is 2. The number of rotatable bonds is 3. The molecule has 2 aromatic rings. The van der Waals surface area contributed by atoms with E-state index in [1.165, 1.54) is 0 Å². The fraction of sp³-hybridized carbons (Fsp3) is 0.235. The molecule has 0 saturated heterocycles. The van der Waals surface area contributed by atoms with Crippen LogP contribution in [0.5, 0.6) is 5.75 Å². The van der Waals surface area contributed by atoms with Crippen molar-refractivity contribution in [2.24, 2.45) is 0 Å². The number of nitrogens with zero attached hydrogens (tertiary/aromatic N) is 1.